The lowest BCUT2D eigenvalue weighted by atomic mass is 9.98. The fourth-order valence-corrected chi connectivity index (χ4v) is 2.82. The van der Waals surface area contributed by atoms with E-state index in [2.05, 4.69) is 5.32 Å². The summed E-state index contributed by atoms with van der Waals surface area (Å²) in [6.07, 6.45) is 2.41. The maximum atomic E-state index is 12.6. The van der Waals surface area contributed by atoms with Crippen LogP contribution >= 0.6 is 11.6 Å². The van der Waals surface area contributed by atoms with Gasteiger partial charge < -0.3 is 10.2 Å². The molecule has 1 aliphatic heterocycles. The predicted molar refractivity (Wildman–Crippen MR) is 83.4 cm³/mol. The van der Waals surface area contributed by atoms with E-state index in [1.807, 2.05) is 30.9 Å². The molecule has 1 saturated heterocycles. The summed E-state index contributed by atoms with van der Waals surface area (Å²) in [5, 5.41) is 4.11. The molecule has 0 saturated carbocycles. The number of nitrogens with zero attached hydrogens (tertiary/aromatic N) is 1. The van der Waals surface area contributed by atoms with Gasteiger partial charge in [0.05, 0.1) is 0 Å². The molecule has 1 aromatic rings. The molecule has 1 atom stereocenters. The van der Waals surface area contributed by atoms with E-state index in [0.29, 0.717) is 10.9 Å². The van der Waals surface area contributed by atoms with Gasteiger partial charge in [-0.3, -0.25) is 4.79 Å². The van der Waals surface area contributed by atoms with Crippen LogP contribution in [0.3, 0.4) is 0 Å². The lowest BCUT2D eigenvalue weighted by molar-refractivity contribution is 0.0729. The third kappa shape index (κ3) is 3.74. The Kier molecular flexibility index (Phi) is 5.44. The van der Waals surface area contributed by atoms with Crippen LogP contribution in [0.4, 0.5) is 0 Å². The third-order valence-corrected chi connectivity index (χ3v) is 4.38. The van der Waals surface area contributed by atoms with Crippen LogP contribution in [0.5, 0.6) is 0 Å². The number of hydrogen-bond donors (Lipinski definition) is 1. The van der Waals surface area contributed by atoms with Crippen LogP contribution in [0.15, 0.2) is 18.2 Å². The maximum Gasteiger partial charge on any atom is 0.253 e. The fraction of sp³-hybridized carbons (Fsp3) is 0.562. The molecular weight excluding hydrogens is 272 g/mol. The summed E-state index contributed by atoms with van der Waals surface area (Å²) < 4.78 is 0. The molecule has 3 nitrogen and oxygen atoms in total. The molecule has 1 N–H and O–H groups in total. The molecule has 1 heterocycles. The first-order valence-electron chi connectivity index (χ1n) is 7.38. The van der Waals surface area contributed by atoms with E-state index in [0.717, 1.165) is 37.3 Å². The molecule has 0 radical (unpaired) electrons. The second-order valence-corrected chi connectivity index (χ2v) is 5.93. The molecule has 0 bridgehead atoms. The highest BCUT2D eigenvalue weighted by atomic mass is 35.5. The Bertz CT molecular complexity index is 470. The number of amides is 1. The molecule has 1 unspecified atom stereocenters. The zero-order chi connectivity index (χ0) is 14.5. The number of halogens is 1. The molecule has 4 heteroatoms. The quantitative estimate of drug-likeness (QED) is 0.925. The molecule has 0 spiro atoms. The van der Waals surface area contributed by atoms with Gasteiger partial charge in [0, 0.05) is 23.7 Å². The van der Waals surface area contributed by atoms with Crippen molar-refractivity contribution in [1.82, 2.24) is 10.2 Å². The lowest BCUT2D eigenvalue weighted by Crippen LogP contribution is -2.41. The Labute approximate surface area is 126 Å². The molecule has 1 fully saturated rings. The summed E-state index contributed by atoms with van der Waals surface area (Å²) in [4.78, 5) is 14.5. The summed E-state index contributed by atoms with van der Waals surface area (Å²) >= 11 is 6.02. The minimum Gasteiger partial charge on any atom is -0.339 e. The number of carbonyl (C=O) groups is 1. The van der Waals surface area contributed by atoms with Crippen LogP contribution in [0.2, 0.25) is 5.02 Å². The first kappa shape index (κ1) is 15.3. The topological polar surface area (TPSA) is 32.3 Å². The highest BCUT2D eigenvalue weighted by molar-refractivity contribution is 6.31. The smallest absolute Gasteiger partial charge is 0.253 e. The molecule has 1 aliphatic rings. The van der Waals surface area contributed by atoms with Crippen molar-refractivity contribution in [3.8, 4) is 0 Å². The Morgan fingerprint density at radius 2 is 2.30 bits per heavy atom. The third-order valence-electron chi connectivity index (χ3n) is 3.95. The van der Waals surface area contributed by atoms with Gasteiger partial charge in [-0.05, 0) is 69.5 Å². The van der Waals surface area contributed by atoms with E-state index in [9.17, 15) is 4.79 Å². The molecule has 2 rings (SSSR count). The van der Waals surface area contributed by atoms with E-state index in [4.69, 9.17) is 11.6 Å². The van der Waals surface area contributed by atoms with Crippen molar-refractivity contribution in [2.45, 2.75) is 26.7 Å². The summed E-state index contributed by atoms with van der Waals surface area (Å²) in [5.74, 6) is 0.680. The number of rotatable bonds is 4. The molecular formula is C16H23ClN2O. The van der Waals surface area contributed by atoms with Crippen molar-refractivity contribution in [2.75, 3.05) is 26.2 Å². The Morgan fingerprint density at radius 3 is 2.90 bits per heavy atom. The fourth-order valence-electron chi connectivity index (χ4n) is 2.71. The second-order valence-electron chi connectivity index (χ2n) is 5.52. The highest BCUT2D eigenvalue weighted by Crippen LogP contribution is 2.19. The second kappa shape index (κ2) is 7.09. The summed E-state index contributed by atoms with van der Waals surface area (Å²) in [7, 11) is 0. The number of nitrogens with one attached hydrogen (secondary N) is 1. The van der Waals surface area contributed by atoms with Gasteiger partial charge in [-0.2, -0.15) is 0 Å². The van der Waals surface area contributed by atoms with Crippen LogP contribution in [-0.4, -0.2) is 37.0 Å². The van der Waals surface area contributed by atoms with Gasteiger partial charge in [-0.25, -0.2) is 0 Å². The van der Waals surface area contributed by atoms with Crippen LogP contribution in [0.25, 0.3) is 0 Å². The van der Waals surface area contributed by atoms with Gasteiger partial charge in [-0.15, -0.1) is 0 Å². The number of aryl methyl sites for hydroxylation is 1. The van der Waals surface area contributed by atoms with E-state index in [-0.39, 0.29) is 5.91 Å². The first-order valence-corrected chi connectivity index (χ1v) is 7.75. The number of hydrogen-bond acceptors (Lipinski definition) is 2. The van der Waals surface area contributed by atoms with Crippen LogP contribution < -0.4 is 5.32 Å². The standard InChI is InChI=1S/C16H23ClN2O/c1-3-19(11-13-5-4-8-18-10-13)16(20)14-6-7-15(17)12(2)9-14/h6-7,9,13,18H,3-5,8,10-11H2,1-2H3. The summed E-state index contributed by atoms with van der Waals surface area (Å²) in [6, 6.07) is 5.51. The number of benzene rings is 1. The molecule has 1 aromatic carbocycles. The van der Waals surface area contributed by atoms with Crippen molar-refractivity contribution in [2.24, 2.45) is 5.92 Å². The van der Waals surface area contributed by atoms with Gasteiger partial charge in [0.1, 0.15) is 0 Å². The first-order chi connectivity index (χ1) is 9.61. The average Bonchev–Trinajstić information content (AvgIpc) is 2.48. The minimum absolute atomic E-state index is 0.109. The van der Waals surface area contributed by atoms with E-state index in [1.54, 1.807) is 6.07 Å². The van der Waals surface area contributed by atoms with Gasteiger partial charge in [0.25, 0.3) is 5.91 Å². The van der Waals surface area contributed by atoms with E-state index in [1.165, 1.54) is 12.8 Å². The number of carbonyl (C=O) groups excluding carboxylic acids is 1. The maximum absolute atomic E-state index is 12.6. The highest BCUT2D eigenvalue weighted by Gasteiger charge is 2.20. The summed E-state index contributed by atoms with van der Waals surface area (Å²) in [6.45, 7) is 7.68. The predicted octanol–water partition coefficient (Wildman–Crippen LogP) is 3.11. The summed E-state index contributed by atoms with van der Waals surface area (Å²) in [5.41, 5.74) is 1.69. The van der Waals surface area contributed by atoms with Gasteiger partial charge in [0.15, 0.2) is 0 Å². The van der Waals surface area contributed by atoms with E-state index >= 15 is 0 Å². The van der Waals surface area contributed by atoms with Crippen molar-refractivity contribution in [1.29, 1.82) is 0 Å². The average molecular weight is 295 g/mol. The minimum atomic E-state index is 0.109. The Hall–Kier alpha value is -1.06. The molecule has 0 aliphatic carbocycles. The van der Waals surface area contributed by atoms with Crippen molar-refractivity contribution >= 4 is 17.5 Å². The zero-order valence-corrected chi connectivity index (χ0v) is 13.0. The number of piperidine rings is 1. The molecule has 110 valence electrons. The molecule has 1 amide bonds. The van der Waals surface area contributed by atoms with Crippen LogP contribution in [0.1, 0.15) is 35.7 Å². The SMILES string of the molecule is CCN(CC1CCCNC1)C(=O)c1ccc(Cl)c(C)c1. The van der Waals surface area contributed by atoms with Gasteiger partial charge >= 0.3 is 0 Å². The largest absolute Gasteiger partial charge is 0.339 e. The van der Waals surface area contributed by atoms with Crippen molar-refractivity contribution in [3.63, 3.8) is 0 Å². The Balaban J connectivity index is 2.05. The normalized spacial score (nSPS) is 18.9. The van der Waals surface area contributed by atoms with Gasteiger partial charge in [0.2, 0.25) is 0 Å². The van der Waals surface area contributed by atoms with Gasteiger partial charge in [-0.1, -0.05) is 11.6 Å². The lowest BCUT2D eigenvalue weighted by Gasteiger charge is -2.29. The molecule has 20 heavy (non-hydrogen) atoms. The van der Waals surface area contributed by atoms with Crippen LogP contribution in [-0.2, 0) is 0 Å². The Morgan fingerprint density at radius 1 is 1.50 bits per heavy atom. The van der Waals surface area contributed by atoms with Crippen molar-refractivity contribution < 1.29 is 4.79 Å². The monoisotopic (exact) mass is 294 g/mol. The zero-order valence-electron chi connectivity index (χ0n) is 12.3. The van der Waals surface area contributed by atoms with Crippen LogP contribution in [0, 0.1) is 12.8 Å². The molecule has 0 aromatic heterocycles. The van der Waals surface area contributed by atoms with E-state index < -0.39 is 0 Å². The van der Waals surface area contributed by atoms with Crippen molar-refractivity contribution in [3.05, 3.63) is 34.3 Å².